The minimum absolute atomic E-state index is 0.125. The van der Waals surface area contributed by atoms with Crippen LogP contribution in [0.5, 0.6) is 0 Å². The van der Waals surface area contributed by atoms with Gasteiger partial charge in [-0.25, -0.2) is 8.78 Å². The lowest BCUT2D eigenvalue weighted by Crippen LogP contribution is -2.55. The van der Waals surface area contributed by atoms with E-state index in [4.69, 9.17) is 5.11 Å². The van der Waals surface area contributed by atoms with Crippen LogP contribution in [0.25, 0.3) is 0 Å². The maximum absolute atomic E-state index is 13.1. The number of carbonyl (C=O) groups is 2. The van der Waals surface area contributed by atoms with Crippen molar-refractivity contribution >= 4 is 11.9 Å². The van der Waals surface area contributed by atoms with E-state index in [1.807, 2.05) is 0 Å². The first-order valence-corrected chi connectivity index (χ1v) is 6.14. The lowest BCUT2D eigenvalue weighted by Gasteiger charge is -2.34. The van der Waals surface area contributed by atoms with Gasteiger partial charge in [-0.2, -0.15) is 0 Å². The van der Waals surface area contributed by atoms with Gasteiger partial charge >= 0.3 is 5.97 Å². The molecule has 1 fully saturated rings. The minimum atomic E-state index is -1.09. The zero-order valence-corrected chi connectivity index (χ0v) is 10.6. The van der Waals surface area contributed by atoms with E-state index < -0.39 is 23.6 Å². The Morgan fingerprint density at radius 2 is 2.00 bits per heavy atom. The third-order valence-corrected chi connectivity index (χ3v) is 3.12. The summed E-state index contributed by atoms with van der Waals surface area (Å²) in [7, 11) is 0. The van der Waals surface area contributed by atoms with Crippen LogP contribution in [-0.2, 0) is 16.1 Å². The van der Waals surface area contributed by atoms with Crippen molar-refractivity contribution in [1.29, 1.82) is 0 Å². The second-order valence-corrected chi connectivity index (χ2v) is 4.65. The molecule has 0 spiro atoms. The fourth-order valence-corrected chi connectivity index (χ4v) is 2.28. The summed E-state index contributed by atoms with van der Waals surface area (Å²) < 4.78 is 26.3. The SMILES string of the molecule is O=C(O)CC1C(=O)NCCN1Cc1cc(F)cc(F)c1. The molecule has 1 atom stereocenters. The third-order valence-electron chi connectivity index (χ3n) is 3.12. The molecule has 2 N–H and O–H groups in total. The van der Waals surface area contributed by atoms with Gasteiger partial charge in [0.25, 0.3) is 0 Å². The molecule has 1 aromatic rings. The van der Waals surface area contributed by atoms with Crippen LogP contribution < -0.4 is 5.32 Å². The number of aliphatic carboxylic acids is 1. The molecule has 20 heavy (non-hydrogen) atoms. The maximum Gasteiger partial charge on any atom is 0.305 e. The molecule has 108 valence electrons. The molecule has 0 aromatic heterocycles. The molecule has 1 aromatic carbocycles. The zero-order valence-electron chi connectivity index (χ0n) is 10.6. The van der Waals surface area contributed by atoms with E-state index in [9.17, 15) is 18.4 Å². The van der Waals surface area contributed by atoms with Crippen molar-refractivity contribution < 1.29 is 23.5 Å². The van der Waals surface area contributed by atoms with Gasteiger partial charge in [0.05, 0.1) is 6.42 Å². The van der Waals surface area contributed by atoms with Crippen LogP contribution in [0.4, 0.5) is 8.78 Å². The molecule has 1 saturated heterocycles. The van der Waals surface area contributed by atoms with E-state index in [0.717, 1.165) is 6.07 Å². The summed E-state index contributed by atoms with van der Waals surface area (Å²) in [6, 6.07) is 2.29. The number of hydrogen-bond acceptors (Lipinski definition) is 3. The van der Waals surface area contributed by atoms with Crippen LogP contribution in [0.2, 0.25) is 0 Å². The lowest BCUT2D eigenvalue weighted by atomic mass is 10.1. The fourth-order valence-electron chi connectivity index (χ4n) is 2.28. The summed E-state index contributed by atoms with van der Waals surface area (Å²) in [5.41, 5.74) is 0.368. The van der Waals surface area contributed by atoms with Crippen LogP contribution >= 0.6 is 0 Å². The van der Waals surface area contributed by atoms with Gasteiger partial charge in [-0.05, 0) is 17.7 Å². The second kappa shape index (κ2) is 5.96. The highest BCUT2D eigenvalue weighted by Crippen LogP contribution is 2.16. The molecule has 0 aliphatic carbocycles. The topological polar surface area (TPSA) is 69.6 Å². The Bertz CT molecular complexity index is 516. The van der Waals surface area contributed by atoms with E-state index in [0.29, 0.717) is 18.7 Å². The van der Waals surface area contributed by atoms with Crippen molar-refractivity contribution in [3.63, 3.8) is 0 Å². The zero-order chi connectivity index (χ0) is 14.7. The number of amides is 1. The number of nitrogens with zero attached hydrogens (tertiary/aromatic N) is 1. The number of carbonyl (C=O) groups excluding carboxylic acids is 1. The van der Waals surface area contributed by atoms with Crippen LogP contribution in [0.3, 0.4) is 0 Å². The number of rotatable bonds is 4. The Hall–Kier alpha value is -2.02. The summed E-state index contributed by atoms with van der Waals surface area (Å²) in [5.74, 6) is -2.87. The van der Waals surface area contributed by atoms with Crippen molar-refractivity contribution in [3.8, 4) is 0 Å². The van der Waals surface area contributed by atoms with Gasteiger partial charge in [0.15, 0.2) is 0 Å². The maximum atomic E-state index is 13.1. The highest BCUT2D eigenvalue weighted by molar-refractivity contribution is 5.86. The minimum Gasteiger partial charge on any atom is -0.481 e. The van der Waals surface area contributed by atoms with E-state index >= 15 is 0 Å². The van der Waals surface area contributed by atoms with Crippen molar-refractivity contribution in [3.05, 3.63) is 35.4 Å². The number of carboxylic acids is 1. The normalized spacial score (nSPS) is 19.7. The van der Waals surface area contributed by atoms with E-state index in [2.05, 4.69) is 5.32 Å². The van der Waals surface area contributed by atoms with Crippen LogP contribution in [-0.4, -0.2) is 41.0 Å². The van der Waals surface area contributed by atoms with Crippen molar-refractivity contribution in [2.75, 3.05) is 13.1 Å². The molecule has 1 aliphatic heterocycles. The van der Waals surface area contributed by atoms with Crippen LogP contribution in [0.15, 0.2) is 18.2 Å². The molecule has 0 radical (unpaired) electrons. The van der Waals surface area contributed by atoms with Gasteiger partial charge in [-0.15, -0.1) is 0 Å². The smallest absolute Gasteiger partial charge is 0.305 e. The molecule has 1 unspecified atom stereocenters. The number of piperazine rings is 1. The Balaban J connectivity index is 2.16. The molecular weight excluding hydrogens is 270 g/mol. The highest BCUT2D eigenvalue weighted by Gasteiger charge is 2.31. The summed E-state index contributed by atoms with van der Waals surface area (Å²) >= 11 is 0. The second-order valence-electron chi connectivity index (χ2n) is 4.65. The van der Waals surface area contributed by atoms with E-state index in [1.165, 1.54) is 12.1 Å². The fraction of sp³-hybridized carbons (Fsp3) is 0.385. The first-order valence-electron chi connectivity index (χ1n) is 6.14. The first kappa shape index (κ1) is 14.4. The van der Waals surface area contributed by atoms with Crippen molar-refractivity contribution in [2.45, 2.75) is 19.0 Å². The monoisotopic (exact) mass is 284 g/mol. The van der Waals surface area contributed by atoms with Gasteiger partial charge in [0.2, 0.25) is 5.91 Å². The number of hydrogen-bond donors (Lipinski definition) is 2. The van der Waals surface area contributed by atoms with Gasteiger partial charge in [-0.1, -0.05) is 0 Å². The molecule has 7 heteroatoms. The summed E-state index contributed by atoms with van der Waals surface area (Å²) in [6.07, 6.45) is -0.344. The molecule has 1 amide bonds. The van der Waals surface area contributed by atoms with Gasteiger partial charge < -0.3 is 10.4 Å². The Kier molecular flexibility index (Phi) is 4.29. The summed E-state index contributed by atoms with van der Waals surface area (Å²) in [6.45, 7) is 0.939. The molecule has 1 aliphatic rings. The first-order chi connectivity index (χ1) is 9.45. The van der Waals surface area contributed by atoms with Crippen LogP contribution in [0.1, 0.15) is 12.0 Å². The Morgan fingerprint density at radius 3 is 2.60 bits per heavy atom. The molecule has 1 heterocycles. The van der Waals surface area contributed by atoms with Gasteiger partial charge in [-0.3, -0.25) is 14.5 Å². The molecule has 2 rings (SSSR count). The average Bonchev–Trinajstić information content (AvgIpc) is 2.32. The summed E-state index contributed by atoms with van der Waals surface area (Å²) in [4.78, 5) is 24.1. The third kappa shape index (κ3) is 3.51. The highest BCUT2D eigenvalue weighted by atomic mass is 19.1. The number of nitrogens with one attached hydrogen (secondary N) is 1. The predicted molar refractivity (Wildman–Crippen MR) is 65.8 cm³/mol. The lowest BCUT2D eigenvalue weighted by molar-refractivity contribution is -0.143. The van der Waals surface area contributed by atoms with E-state index in [-0.39, 0.29) is 18.9 Å². The van der Waals surface area contributed by atoms with Crippen LogP contribution in [0, 0.1) is 11.6 Å². The summed E-state index contributed by atoms with van der Waals surface area (Å²) in [5, 5.41) is 11.4. The van der Waals surface area contributed by atoms with Gasteiger partial charge in [0, 0.05) is 25.7 Å². The standard InChI is InChI=1S/C13H14F2N2O3/c14-9-3-8(4-10(15)5-9)7-17-2-1-16-13(20)11(17)6-12(18)19/h3-5,11H,1-2,6-7H2,(H,16,20)(H,18,19). The predicted octanol–water partition coefficient (Wildman–Crippen LogP) is 0.740. The number of halogens is 2. The van der Waals surface area contributed by atoms with E-state index in [1.54, 1.807) is 4.90 Å². The van der Waals surface area contributed by atoms with Gasteiger partial charge in [0.1, 0.15) is 17.7 Å². The quantitative estimate of drug-likeness (QED) is 0.855. The Morgan fingerprint density at radius 1 is 1.35 bits per heavy atom. The Labute approximate surface area is 114 Å². The molecule has 0 bridgehead atoms. The molecule has 5 nitrogen and oxygen atoms in total. The molecular formula is C13H14F2N2O3. The number of benzene rings is 1. The van der Waals surface area contributed by atoms with Crippen molar-refractivity contribution in [1.82, 2.24) is 10.2 Å². The number of carboxylic acid groups (broad SMARTS) is 1. The van der Waals surface area contributed by atoms with Crippen molar-refractivity contribution in [2.24, 2.45) is 0 Å². The average molecular weight is 284 g/mol. The molecule has 0 saturated carbocycles. The largest absolute Gasteiger partial charge is 0.481 e.